The van der Waals surface area contributed by atoms with Gasteiger partial charge in [0.1, 0.15) is 5.56 Å². The predicted octanol–water partition coefficient (Wildman–Crippen LogP) is 4.49. The number of carbonyl (C=O) groups excluding carboxylic acids is 1. The standard InChI is InChI=1S/C16H15Cl2NO2/c1-10(11-6-4-3-5-7-11)19-16(20)14-12(17)8-9-13(18)15(14)21-2/h3-10H,1-2H3,(H,19,20)/t10-/m0/s1. The number of halogens is 2. The van der Waals surface area contributed by atoms with Gasteiger partial charge in [-0.25, -0.2) is 0 Å². The smallest absolute Gasteiger partial charge is 0.257 e. The minimum atomic E-state index is -0.323. The van der Waals surface area contributed by atoms with Gasteiger partial charge in [0.15, 0.2) is 5.75 Å². The number of rotatable bonds is 4. The summed E-state index contributed by atoms with van der Waals surface area (Å²) in [7, 11) is 1.45. The van der Waals surface area contributed by atoms with Crippen LogP contribution in [0.15, 0.2) is 42.5 Å². The van der Waals surface area contributed by atoms with E-state index < -0.39 is 0 Å². The number of methoxy groups -OCH3 is 1. The molecule has 0 saturated heterocycles. The van der Waals surface area contributed by atoms with E-state index in [-0.39, 0.29) is 23.3 Å². The number of nitrogens with one attached hydrogen (secondary N) is 1. The van der Waals surface area contributed by atoms with Crippen molar-refractivity contribution in [1.82, 2.24) is 5.32 Å². The highest BCUT2D eigenvalue weighted by molar-refractivity contribution is 6.37. The van der Waals surface area contributed by atoms with Gasteiger partial charge in [0.05, 0.1) is 23.2 Å². The van der Waals surface area contributed by atoms with Gasteiger partial charge < -0.3 is 10.1 Å². The molecule has 21 heavy (non-hydrogen) atoms. The van der Waals surface area contributed by atoms with Gasteiger partial charge in [0.2, 0.25) is 0 Å². The van der Waals surface area contributed by atoms with Gasteiger partial charge in [-0.1, -0.05) is 53.5 Å². The van der Waals surface area contributed by atoms with Crippen molar-refractivity contribution in [2.45, 2.75) is 13.0 Å². The van der Waals surface area contributed by atoms with E-state index in [1.54, 1.807) is 12.1 Å². The van der Waals surface area contributed by atoms with Crippen molar-refractivity contribution in [3.63, 3.8) is 0 Å². The van der Waals surface area contributed by atoms with E-state index in [1.165, 1.54) is 7.11 Å². The minimum absolute atomic E-state index is 0.154. The summed E-state index contributed by atoms with van der Waals surface area (Å²) in [5.74, 6) is -0.0439. The highest BCUT2D eigenvalue weighted by Gasteiger charge is 2.21. The van der Waals surface area contributed by atoms with E-state index in [0.29, 0.717) is 10.0 Å². The molecule has 0 fully saturated rings. The molecule has 1 atom stereocenters. The normalized spacial score (nSPS) is 11.8. The van der Waals surface area contributed by atoms with Gasteiger partial charge in [-0.2, -0.15) is 0 Å². The number of hydrogen-bond acceptors (Lipinski definition) is 2. The summed E-state index contributed by atoms with van der Waals surface area (Å²) in [6.45, 7) is 1.90. The number of amides is 1. The van der Waals surface area contributed by atoms with Crippen LogP contribution in [0.25, 0.3) is 0 Å². The third kappa shape index (κ3) is 3.49. The van der Waals surface area contributed by atoms with E-state index in [1.807, 2.05) is 37.3 Å². The first-order chi connectivity index (χ1) is 10.0. The molecule has 2 rings (SSSR count). The lowest BCUT2D eigenvalue weighted by molar-refractivity contribution is 0.0937. The molecule has 0 unspecified atom stereocenters. The molecule has 0 heterocycles. The van der Waals surface area contributed by atoms with Crippen LogP contribution < -0.4 is 10.1 Å². The van der Waals surface area contributed by atoms with E-state index in [9.17, 15) is 4.79 Å². The zero-order chi connectivity index (χ0) is 15.4. The van der Waals surface area contributed by atoms with Crippen LogP contribution >= 0.6 is 23.2 Å². The van der Waals surface area contributed by atoms with Crippen molar-refractivity contribution in [2.75, 3.05) is 7.11 Å². The van der Waals surface area contributed by atoms with Crippen LogP contribution in [0.4, 0.5) is 0 Å². The maximum absolute atomic E-state index is 12.4. The van der Waals surface area contributed by atoms with Crippen molar-refractivity contribution in [3.8, 4) is 5.75 Å². The maximum atomic E-state index is 12.4. The Morgan fingerprint density at radius 3 is 2.33 bits per heavy atom. The molecule has 1 amide bonds. The van der Waals surface area contributed by atoms with Crippen LogP contribution in [0.2, 0.25) is 10.0 Å². The molecule has 0 aliphatic carbocycles. The zero-order valence-electron chi connectivity index (χ0n) is 11.7. The first-order valence-corrected chi connectivity index (χ1v) is 7.18. The van der Waals surface area contributed by atoms with Crippen LogP contribution in [0.1, 0.15) is 28.9 Å². The Balaban J connectivity index is 2.27. The van der Waals surface area contributed by atoms with Gasteiger partial charge in [-0.15, -0.1) is 0 Å². The summed E-state index contributed by atoms with van der Waals surface area (Å²) >= 11 is 12.1. The zero-order valence-corrected chi connectivity index (χ0v) is 13.2. The first kappa shape index (κ1) is 15.7. The lowest BCUT2D eigenvalue weighted by Gasteiger charge is -2.17. The van der Waals surface area contributed by atoms with Gasteiger partial charge in [0, 0.05) is 0 Å². The molecule has 1 N–H and O–H groups in total. The third-order valence-corrected chi connectivity index (χ3v) is 3.75. The Bertz CT molecular complexity index is 644. The maximum Gasteiger partial charge on any atom is 0.257 e. The summed E-state index contributed by atoms with van der Waals surface area (Å²) in [5.41, 5.74) is 1.25. The number of benzene rings is 2. The molecule has 2 aromatic carbocycles. The average Bonchev–Trinajstić information content (AvgIpc) is 2.49. The molecule has 0 bridgehead atoms. The fourth-order valence-electron chi connectivity index (χ4n) is 2.04. The largest absolute Gasteiger partial charge is 0.494 e. The van der Waals surface area contributed by atoms with Crippen molar-refractivity contribution in [1.29, 1.82) is 0 Å². The Hall–Kier alpha value is -1.71. The molecular formula is C16H15Cl2NO2. The quantitative estimate of drug-likeness (QED) is 0.900. The Labute approximate surface area is 133 Å². The predicted molar refractivity (Wildman–Crippen MR) is 85.3 cm³/mol. The highest BCUT2D eigenvalue weighted by Crippen LogP contribution is 2.34. The van der Waals surface area contributed by atoms with Crippen LogP contribution in [-0.4, -0.2) is 13.0 Å². The lowest BCUT2D eigenvalue weighted by atomic mass is 10.1. The van der Waals surface area contributed by atoms with Gasteiger partial charge >= 0.3 is 0 Å². The second-order valence-corrected chi connectivity index (χ2v) is 5.36. The molecule has 0 aliphatic heterocycles. The summed E-state index contributed by atoms with van der Waals surface area (Å²) in [5, 5.41) is 3.54. The molecule has 110 valence electrons. The topological polar surface area (TPSA) is 38.3 Å². The van der Waals surface area contributed by atoms with Crippen LogP contribution in [0, 0.1) is 0 Å². The van der Waals surface area contributed by atoms with Gasteiger partial charge in [-0.3, -0.25) is 4.79 Å². The summed E-state index contributed by atoms with van der Waals surface area (Å²) in [6.07, 6.45) is 0. The Morgan fingerprint density at radius 2 is 1.71 bits per heavy atom. The average molecular weight is 324 g/mol. The van der Waals surface area contributed by atoms with E-state index >= 15 is 0 Å². The molecule has 0 aliphatic rings. The van der Waals surface area contributed by atoms with Crippen molar-refractivity contribution in [3.05, 3.63) is 63.6 Å². The van der Waals surface area contributed by atoms with Gasteiger partial charge in [-0.05, 0) is 24.6 Å². The number of ether oxygens (including phenoxy) is 1. The highest BCUT2D eigenvalue weighted by atomic mass is 35.5. The molecule has 0 saturated carbocycles. The Kier molecular flexibility index (Phi) is 5.10. The lowest BCUT2D eigenvalue weighted by Crippen LogP contribution is -2.27. The molecule has 5 heteroatoms. The fourth-order valence-corrected chi connectivity index (χ4v) is 2.51. The van der Waals surface area contributed by atoms with E-state index in [2.05, 4.69) is 5.32 Å². The Morgan fingerprint density at radius 1 is 1.10 bits per heavy atom. The summed E-state index contributed by atoms with van der Waals surface area (Å²) in [6, 6.07) is 12.7. The number of hydrogen-bond donors (Lipinski definition) is 1. The molecule has 2 aromatic rings. The van der Waals surface area contributed by atoms with Crippen molar-refractivity contribution in [2.24, 2.45) is 0 Å². The summed E-state index contributed by atoms with van der Waals surface area (Å²) in [4.78, 5) is 12.4. The molecule has 3 nitrogen and oxygen atoms in total. The number of carbonyl (C=O) groups is 1. The SMILES string of the molecule is COc1c(Cl)ccc(Cl)c1C(=O)N[C@@H](C)c1ccccc1. The molecule has 0 aromatic heterocycles. The second-order valence-electron chi connectivity index (χ2n) is 4.54. The van der Waals surface area contributed by atoms with Crippen molar-refractivity contribution < 1.29 is 9.53 Å². The molecule has 0 radical (unpaired) electrons. The van der Waals surface area contributed by atoms with E-state index in [4.69, 9.17) is 27.9 Å². The fraction of sp³-hybridized carbons (Fsp3) is 0.188. The molecule has 0 spiro atoms. The van der Waals surface area contributed by atoms with Crippen LogP contribution in [0.5, 0.6) is 5.75 Å². The minimum Gasteiger partial charge on any atom is -0.494 e. The third-order valence-electron chi connectivity index (χ3n) is 3.14. The van der Waals surface area contributed by atoms with Gasteiger partial charge in [0.25, 0.3) is 5.91 Å². The van der Waals surface area contributed by atoms with Crippen molar-refractivity contribution >= 4 is 29.1 Å². The molecular weight excluding hydrogens is 309 g/mol. The first-order valence-electron chi connectivity index (χ1n) is 6.42. The van der Waals surface area contributed by atoms with Crippen LogP contribution in [0.3, 0.4) is 0 Å². The van der Waals surface area contributed by atoms with Crippen LogP contribution in [-0.2, 0) is 0 Å². The monoisotopic (exact) mass is 323 g/mol. The van der Waals surface area contributed by atoms with E-state index in [0.717, 1.165) is 5.56 Å². The summed E-state index contributed by atoms with van der Waals surface area (Å²) < 4.78 is 5.19. The second kappa shape index (κ2) is 6.83.